The van der Waals surface area contributed by atoms with Crippen molar-refractivity contribution in [2.75, 3.05) is 13.1 Å². The predicted molar refractivity (Wildman–Crippen MR) is 62.4 cm³/mol. The van der Waals surface area contributed by atoms with E-state index < -0.39 is 5.97 Å². The molecular formula is C12H15N3O3. The van der Waals surface area contributed by atoms with Gasteiger partial charge in [-0.15, -0.1) is 0 Å². The third kappa shape index (κ3) is 1.77. The Kier molecular flexibility index (Phi) is 2.57. The van der Waals surface area contributed by atoms with Gasteiger partial charge in [0.2, 0.25) is 0 Å². The molecule has 6 nitrogen and oxygen atoms in total. The Bertz CT molecular complexity index is 485. The monoisotopic (exact) mass is 249 g/mol. The van der Waals surface area contributed by atoms with Crippen LogP contribution in [0.3, 0.4) is 0 Å². The molecule has 1 saturated carbocycles. The normalized spacial score (nSPS) is 26.3. The van der Waals surface area contributed by atoms with E-state index in [1.54, 1.807) is 4.90 Å². The van der Waals surface area contributed by atoms with E-state index in [2.05, 4.69) is 5.10 Å². The standard InChI is InChI=1S/C12H15N3O3/c16-11(17)10-4-5-15(13-10)12(18)14-6-8-2-1-3-9(8)7-14/h4-5,8-9H,1-3,6-7H2,(H,16,17)/t8-,9+. The summed E-state index contributed by atoms with van der Waals surface area (Å²) in [4.78, 5) is 24.6. The second-order valence-corrected chi connectivity index (χ2v) is 5.09. The summed E-state index contributed by atoms with van der Waals surface area (Å²) in [6, 6.07) is 1.13. The lowest BCUT2D eigenvalue weighted by atomic mass is 10.0. The van der Waals surface area contributed by atoms with Crippen LogP contribution in [0.1, 0.15) is 29.8 Å². The minimum absolute atomic E-state index is 0.0947. The van der Waals surface area contributed by atoms with Crippen LogP contribution in [0.25, 0.3) is 0 Å². The van der Waals surface area contributed by atoms with Crippen LogP contribution >= 0.6 is 0 Å². The molecule has 2 atom stereocenters. The average molecular weight is 249 g/mol. The second kappa shape index (κ2) is 4.12. The molecule has 0 aromatic carbocycles. The van der Waals surface area contributed by atoms with E-state index in [1.807, 2.05) is 0 Å². The van der Waals surface area contributed by atoms with Gasteiger partial charge < -0.3 is 10.0 Å². The third-order valence-corrected chi connectivity index (χ3v) is 4.00. The average Bonchev–Trinajstić information content (AvgIpc) is 3.02. The third-order valence-electron chi connectivity index (χ3n) is 4.00. The molecule has 2 heterocycles. The molecule has 3 rings (SSSR count). The number of carbonyl (C=O) groups is 2. The van der Waals surface area contributed by atoms with E-state index >= 15 is 0 Å². The molecule has 2 fully saturated rings. The van der Waals surface area contributed by atoms with Crippen LogP contribution in [0.4, 0.5) is 4.79 Å². The van der Waals surface area contributed by atoms with Crippen LogP contribution in [-0.2, 0) is 0 Å². The number of nitrogens with zero attached hydrogens (tertiary/aromatic N) is 3. The van der Waals surface area contributed by atoms with Crippen molar-refractivity contribution in [1.82, 2.24) is 14.7 Å². The molecule has 1 aromatic rings. The number of carboxylic acids is 1. The largest absolute Gasteiger partial charge is 0.476 e. The molecule has 1 aromatic heterocycles. The van der Waals surface area contributed by atoms with E-state index in [1.165, 1.54) is 31.5 Å². The highest BCUT2D eigenvalue weighted by Crippen LogP contribution is 2.37. The fraction of sp³-hybridized carbons (Fsp3) is 0.583. The first-order valence-electron chi connectivity index (χ1n) is 6.23. The molecule has 1 saturated heterocycles. The lowest BCUT2D eigenvalue weighted by molar-refractivity contribution is 0.0690. The lowest BCUT2D eigenvalue weighted by Crippen LogP contribution is -2.33. The number of carboxylic acid groups (broad SMARTS) is 1. The Hall–Kier alpha value is -1.85. The molecule has 96 valence electrons. The summed E-state index contributed by atoms with van der Waals surface area (Å²) in [5, 5.41) is 12.5. The number of likely N-dealkylation sites (tertiary alicyclic amines) is 1. The summed E-state index contributed by atoms with van der Waals surface area (Å²) in [6.07, 6.45) is 5.09. The van der Waals surface area contributed by atoms with Gasteiger partial charge in [0.05, 0.1) is 0 Å². The van der Waals surface area contributed by atoms with Crippen LogP contribution in [0, 0.1) is 11.8 Å². The zero-order valence-corrected chi connectivity index (χ0v) is 9.95. The fourth-order valence-electron chi connectivity index (χ4n) is 3.08. The van der Waals surface area contributed by atoms with Crippen molar-refractivity contribution in [2.24, 2.45) is 11.8 Å². The van der Waals surface area contributed by atoms with Crippen LogP contribution in [0.5, 0.6) is 0 Å². The molecule has 1 amide bonds. The molecule has 0 unspecified atom stereocenters. The minimum atomic E-state index is -1.11. The molecule has 1 N–H and O–H groups in total. The van der Waals surface area contributed by atoms with Crippen molar-refractivity contribution in [1.29, 1.82) is 0 Å². The number of hydrogen-bond acceptors (Lipinski definition) is 3. The maximum absolute atomic E-state index is 12.1. The van der Waals surface area contributed by atoms with Crippen LogP contribution < -0.4 is 0 Å². The van der Waals surface area contributed by atoms with Gasteiger partial charge in [0, 0.05) is 19.3 Å². The Morgan fingerprint density at radius 3 is 2.50 bits per heavy atom. The Labute approximate surface area is 104 Å². The molecular weight excluding hydrogens is 234 g/mol. The number of carbonyl (C=O) groups excluding carboxylic acids is 1. The SMILES string of the molecule is O=C(O)c1ccn(C(=O)N2C[C@H]3CCC[C@H]3C2)n1. The topological polar surface area (TPSA) is 75.4 Å². The summed E-state index contributed by atoms with van der Waals surface area (Å²) in [6.45, 7) is 1.57. The first-order chi connectivity index (χ1) is 8.65. The predicted octanol–water partition coefficient (Wildman–Crippen LogP) is 1.28. The fourth-order valence-corrected chi connectivity index (χ4v) is 3.08. The van der Waals surface area contributed by atoms with Gasteiger partial charge in [0.1, 0.15) is 0 Å². The number of rotatable bonds is 1. The summed E-state index contributed by atoms with van der Waals surface area (Å²) in [5.41, 5.74) is -0.0947. The van der Waals surface area contributed by atoms with Gasteiger partial charge in [-0.2, -0.15) is 9.78 Å². The van der Waals surface area contributed by atoms with E-state index in [9.17, 15) is 9.59 Å². The summed E-state index contributed by atoms with van der Waals surface area (Å²) in [5.74, 6) is 0.145. The van der Waals surface area contributed by atoms with Crippen molar-refractivity contribution in [3.8, 4) is 0 Å². The molecule has 18 heavy (non-hydrogen) atoms. The Balaban J connectivity index is 1.72. The summed E-state index contributed by atoms with van der Waals surface area (Å²) in [7, 11) is 0. The molecule has 1 aliphatic heterocycles. The van der Waals surface area contributed by atoms with Crippen molar-refractivity contribution in [3.05, 3.63) is 18.0 Å². The molecule has 0 bridgehead atoms. The Morgan fingerprint density at radius 2 is 1.94 bits per heavy atom. The van der Waals surface area contributed by atoms with Gasteiger partial charge >= 0.3 is 12.0 Å². The minimum Gasteiger partial charge on any atom is -0.476 e. The van der Waals surface area contributed by atoms with E-state index in [-0.39, 0.29) is 11.7 Å². The number of hydrogen-bond donors (Lipinski definition) is 1. The zero-order chi connectivity index (χ0) is 12.7. The van der Waals surface area contributed by atoms with Gasteiger partial charge in [-0.3, -0.25) is 0 Å². The summed E-state index contributed by atoms with van der Waals surface area (Å²) < 4.78 is 1.13. The zero-order valence-electron chi connectivity index (χ0n) is 9.95. The number of fused-ring (bicyclic) bond motifs is 1. The van der Waals surface area contributed by atoms with Crippen LogP contribution in [0.2, 0.25) is 0 Å². The van der Waals surface area contributed by atoms with Gasteiger partial charge in [-0.05, 0) is 30.7 Å². The maximum Gasteiger partial charge on any atom is 0.356 e. The summed E-state index contributed by atoms with van der Waals surface area (Å²) >= 11 is 0. The number of aromatic nitrogens is 2. The molecule has 6 heteroatoms. The van der Waals surface area contributed by atoms with E-state index in [0.717, 1.165) is 17.8 Å². The quantitative estimate of drug-likeness (QED) is 0.813. The number of aromatic carboxylic acids is 1. The first kappa shape index (κ1) is 11.3. The van der Waals surface area contributed by atoms with Gasteiger partial charge in [-0.25, -0.2) is 9.59 Å². The van der Waals surface area contributed by atoms with Gasteiger partial charge in [0.25, 0.3) is 0 Å². The smallest absolute Gasteiger partial charge is 0.356 e. The highest BCUT2D eigenvalue weighted by Gasteiger charge is 2.38. The molecule has 0 spiro atoms. The van der Waals surface area contributed by atoms with Crippen LogP contribution in [0.15, 0.2) is 12.3 Å². The van der Waals surface area contributed by atoms with Crippen molar-refractivity contribution in [3.63, 3.8) is 0 Å². The van der Waals surface area contributed by atoms with E-state index in [0.29, 0.717) is 11.8 Å². The highest BCUT2D eigenvalue weighted by molar-refractivity contribution is 5.86. The molecule has 1 aliphatic carbocycles. The van der Waals surface area contributed by atoms with Crippen molar-refractivity contribution >= 4 is 12.0 Å². The number of amides is 1. The lowest BCUT2D eigenvalue weighted by Gasteiger charge is -2.16. The van der Waals surface area contributed by atoms with Crippen molar-refractivity contribution < 1.29 is 14.7 Å². The Morgan fingerprint density at radius 1 is 1.28 bits per heavy atom. The molecule has 0 radical (unpaired) electrons. The van der Waals surface area contributed by atoms with Gasteiger partial charge in [-0.1, -0.05) is 6.42 Å². The maximum atomic E-state index is 12.1. The second-order valence-electron chi connectivity index (χ2n) is 5.09. The first-order valence-corrected chi connectivity index (χ1v) is 6.23. The van der Waals surface area contributed by atoms with Crippen LogP contribution in [-0.4, -0.2) is 44.9 Å². The van der Waals surface area contributed by atoms with E-state index in [4.69, 9.17) is 5.11 Å². The highest BCUT2D eigenvalue weighted by atomic mass is 16.4. The van der Waals surface area contributed by atoms with Crippen molar-refractivity contribution in [2.45, 2.75) is 19.3 Å². The molecule has 2 aliphatic rings. The van der Waals surface area contributed by atoms with Gasteiger partial charge in [0.15, 0.2) is 5.69 Å².